The normalized spacial score (nSPS) is 12.4. The lowest BCUT2D eigenvalue weighted by molar-refractivity contribution is 0.0708. The molecule has 25 heavy (non-hydrogen) atoms. The molecule has 7 heteroatoms. The number of nitrogens with one attached hydrogen (secondary N) is 1. The molecule has 2 aromatic carbocycles. The zero-order chi connectivity index (χ0) is 18.0. The van der Waals surface area contributed by atoms with Gasteiger partial charge in [0.2, 0.25) is 0 Å². The molecule has 1 aromatic heterocycles. The molecule has 0 fully saturated rings. The monoisotopic (exact) mass is 347 g/mol. The van der Waals surface area contributed by atoms with Gasteiger partial charge in [-0.1, -0.05) is 12.1 Å². The molecule has 0 bridgehead atoms. The first-order valence-corrected chi connectivity index (χ1v) is 7.78. The number of benzene rings is 2. The van der Waals surface area contributed by atoms with Crippen molar-refractivity contribution in [2.75, 3.05) is 19.5 Å². The Morgan fingerprint density at radius 3 is 2.52 bits per heavy atom. The Balaban J connectivity index is 1.98. The zero-order valence-corrected chi connectivity index (χ0v) is 14.2. The Morgan fingerprint density at radius 2 is 1.84 bits per heavy atom. The number of hydrogen-bond donors (Lipinski definition) is 1. The Bertz CT molecular complexity index is 880. The van der Waals surface area contributed by atoms with Crippen molar-refractivity contribution in [1.82, 2.24) is 9.55 Å². The van der Waals surface area contributed by atoms with Gasteiger partial charge in [-0.05, 0) is 31.2 Å². The first-order valence-electron chi connectivity index (χ1n) is 7.78. The molecule has 0 amide bonds. The van der Waals surface area contributed by atoms with Crippen LogP contribution in [0, 0.1) is 0 Å². The van der Waals surface area contributed by atoms with Crippen LogP contribution < -0.4 is 14.8 Å². The molecule has 0 aliphatic carbocycles. The summed E-state index contributed by atoms with van der Waals surface area (Å²) in [5.74, 6) is 1.47. The number of ether oxygens (including phenoxy) is 2. The van der Waals surface area contributed by atoms with Gasteiger partial charge in [-0.15, -0.1) is 0 Å². The summed E-state index contributed by atoms with van der Waals surface area (Å²) < 4.78 is 38.6. The average Bonchev–Trinajstić information content (AvgIpc) is 3.02. The first-order chi connectivity index (χ1) is 12.0. The number of anilines is 1. The number of para-hydroxylation sites is 2. The van der Waals surface area contributed by atoms with E-state index in [4.69, 9.17) is 9.47 Å². The van der Waals surface area contributed by atoms with Crippen LogP contribution in [0.2, 0.25) is 0 Å². The smallest absolute Gasteiger partial charge is 0.320 e. The number of nitrogens with zero attached hydrogens (tertiary/aromatic N) is 2. The second-order valence-corrected chi connectivity index (χ2v) is 5.54. The quantitative estimate of drug-likeness (QED) is 0.707. The molecule has 132 valence electrons. The minimum atomic E-state index is -2.68. The van der Waals surface area contributed by atoms with Crippen LogP contribution in [0.4, 0.5) is 14.5 Å². The topological polar surface area (TPSA) is 48.3 Å². The molecule has 3 rings (SSSR count). The predicted molar refractivity (Wildman–Crippen MR) is 92.6 cm³/mol. The van der Waals surface area contributed by atoms with Gasteiger partial charge in [0.1, 0.15) is 17.3 Å². The highest BCUT2D eigenvalue weighted by molar-refractivity contribution is 5.76. The van der Waals surface area contributed by atoms with Crippen molar-refractivity contribution in [2.45, 2.75) is 19.5 Å². The Hall–Kier alpha value is -2.83. The third-order valence-corrected chi connectivity index (χ3v) is 3.99. The Labute approximate surface area is 144 Å². The number of aromatic nitrogens is 2. The van der Waals surface area contributed by atoms with Crippen LogP contribution in [0.25, 0.3) is 11.0 Å². The van der Waals surface area contributed by atoms with E-state index in [1.807, 2.05) is 0 Å². The number of fused-ring (bicyclic) bond motifs is 1. The molecule has 0 aliphatic rings. The van der Waals surface area contributed by atoms with Gasteiger partial charge in [0.25, 0.3) is 0 Å². The summed E-state index contributed by atoms with van der Waals surface area (Å²) in [5.41, 5.74) is 1.61. The highest BCUT2D eigenvalue weighted by Crippen LogP contribution is 2.33. The molecule has 1 heterocycles. The Kier molecular flexibility index (Phi) is 4.74. The van der Waals surface area contributed by atoms with Gasteiger partial charge < -0.3 is 14.8 Å². The van der Waals surface area contributed by atoms with E-state index in [0.717, 1.165) is 4.57 Å². The molecule has 0 aliphatic heterocycles. The standard InChI is InChI=1S/C18H19F2N3O2/c1-11(21-14-9-8-12(24-2)10-16(14)25-3)17-22-13-6-4-5-7-15(13)23(17)18(19)20/h4-11,18,21H,1-3H3. The van der Waals surface area contributed by atoms with Gasteiger partial charge in [-0.2, -0.15) is 8.78 Å². The summed E-state index contributed by atoms with van der Waals surface area (Å²) in [6.45, 7) is -0.895. The van der Waals surface area contributed by atoms with Gasteiger partial charge in [0.15, 0.2) is 0 Å². The third kappa shape index (κ3) is 3.22. The number of rotatable bonds is 6. The maximum Gasteiger partial charge on any atom is 0.320 e. The van der Waals surface area contributed by atoms with Crippen LogP contribution in [0.5, 0.6) is 11.5 Å². The van der Waals surface area contributed by atoms with Crippen LogP contribution in [0.15, 0.2) is 42.5 Å². The molecule has 3 aromatic rings. The van der Waals surface area contributed by atoms with Crippen molar-refractivity contribution >= 4 is 16.7 Å². The number of hydrogen-bond acceptors (Lipinski definition) is 4. The maximum atomic E-state index is 13.6. The van der Waals surface area contributed by atoms with Crippen molar-refractivity contribution in [3.05, 3.63) is 48.3 Å². The SMILES string of the molecule is COc1ccc(NC(C)c2nc3ccccc3n2C(F)F)c(OC)c1. The fourth-order valence-electron chi connectivity index (χ4n) is 2.79. The van der Waals surface area contributed by atoms with Crippen LogP contribution >= 0.6 is 0 Å². The second kappa shape index (κ2) is 6.96. The van der Waals surface area contributed by atoms with Crippen molar-refractivity contribution in [3.63, 3.8) is 0 Å². The van der Waals surface area contributed by atoms with Gasteiger partial charge >= 0.3 is 6.55 Å². The number of methoxy groups -OCH3 is 2. The lowest BCUT2D eigenvalue weighted by Crippen LogP contribution is -2.15. The first kappa shape index (κ1) is 17.0. The summed E-state index contributed by atoms with van der Waals surface area (Å²) in [6, 6.07) is 11.7. The van der Waals surface area contributed by atoms with Gasteiger partial charge in [-0.25, -0.2) is 4.98 Å². The molecule has 1 unspecified atom stereocenters. The lowest BCUT2D eigenvalue weighted by Gasteiger charge is -2.19. The molecule has 1 N–H and O–H groups in total. The minimum absolute atomic E-state index is 0.258. The molecule has 0 spiro atoms. The van der Waals surface area contributed by atoms with Crippen LogP contribution in [-0.2, 0) is 0 Å². The van der Waals surface area contributed by atoms with E-state index in [2.05, 4.69) is 10.3 Å². The molecule has 0 saturated heterocycles. The largest absolute Gasteiger partial charge is 0.497 e. The van der Waals surface area contributed by atoms with Crippen LogP contribution in [-0.4, -0.2) is 23.8 Å². The summed E-state index contributed by atoms with van der Waals surface area (Å²) in [6.07, 6.45) is 0. The lowest BCUT2D eigenvalue weighted by atomic mass is 10.2. The highest BCUT2D eigenvalue weighted by Gasteiger charge is 2.22. The summed E-state index contributed by atoms with van der Waals surface area (Å²) in [7, 11) is 3.11. The number of imidazole rings is 1. The summed E-state index contributed by atoms with van der Waals surface area (Å²) >= 11 is 0. The van der Waals surface area contributed by atoms with Crippen LogP contribution in [0.3, 0.4) is 0 Å². The third-order valence-electron chi connectivity index (χ3n) is 3.99. The molecule has 0 saturated carbocycles. The van der Waals surface area contributed by atoms with E-state index >= 15 is 0 Å². The van der Waals surface area contributed by atoms with E-state index in [0.29, 0.717) is 28.2 Å². The van der Waals surface area contributed by atoms with E-state index in [1.165, 1.54) is 0 Å². The second-order valence-electron chi connectivity index (χ2n) is 5.54. The van der Waals surface area contributed by atoms with Crippen molar-refractivity contribution < 1.29 is 18.3 Å². The van der Waals surface area contributed by atoms with Gasteiger partial charge in [0.05, 0.1) is 37.0 Å². The highest BCUT2D eigenvalue weighted by atomic mass is 19.3. The van der Waals surface area contributed by atoms with Gasteiger partial charge in [-0.3, -0.25) is 4.57 Å². The average molecular weight is 347 g/mol. The summed E-state index contributed by atoms with van der Waals surface area (Å²) in [4.78, 5) is 4.37. The van der Waals surface area contributed by atoms with Crippen molar-refractivity contribution in [1.29, 1.82) is 0 Å². The molecule has 5 nitrogen and oxygen atoms in total. The van der Waals surface area contributed by atoms with E-state index in [9.17, 15) is 8.78 Å². The maximum absolute atomic E-state index is 13.6. The van der Waals surface area contributed by atoms with E-state index < -0.39 is 12.6 Å². The zero-order valence-electron chi connectivity index (χ0n) is 14.2. The molecular formula is C18H19F2N3O2. The minimum Gasteiger partial charge on any atom is -0.497 e. The van der Waals surface area contributed by atoms with E-state index in [-0.39, 0.29) is 5.82 Å². The van der Waals surface area contributed by atoms with Crippen molar-refractivity contribution in [3.8, 4) is 11.5 Å². The molecular weight excluding hydrogens is 328 g/mol. The Morgan fingerprint density at radius 1 is 1.08 bits per heavy atom. The number of alkyl halides is 2. The number of halogens is 2. The summed E-state index contributed by atoms with van der Waals surface area (Å²) in [5, 5.41) is 3.19. The fraction of sp³-hybridized carbons (Fsp3) is 0.278. The molecule has 0 radical (unpaired) electrons. The predicted octanol–water partition coefficient (Wildman–Crippen LogP) is 4.62. The van der Waals surface area contributed by atoms with E-state index in [1.54, 1.807) is 63.6 Å². The fourth-order valence-corrected chi connectivity index (χ4v) is 2.79. The molecule has 1 atom stereocenters. The van der Waals surface area contributed by atoms with Crippen molar-refractivity contribution in [2.24, 2.45) is 0 Å². The van der Waals surface area contributed by atoms with Crippen LogP contribution in [0.1, 0.15) is 25.3 Å². The van der Waals surface area contributed by atoms with Gasteiger partial charge in [0, 0.05) is 6.07 Å².